The molecule has 138 valence electrons. The Morgan fingerprint density at radius 1 is 1.11 bits per heavy atom. The highest BCUT2D eigenvalue weighted by Gasteiger charge is 2.32. The van der Waals surface area contributed by atoms with Gasteiger partial charge in [0.2, 0.25) is 0 Å². The molecule has 2 heterocycles. The van der Waals surface area contributed by atoms with E-state index in [-0.39, 0.29) is 5.91 Å². The van der Waals surface area contributed by atoms with Gasteiger partial charge in [0.25, 0.3) is 5.91 Å². The van der Waals surface area contributed by atoms with Gasteiger partial charge in [-0.05, 0) is 69.9 Å². The molecule has 5 nitrogen and oxygen atoms in total. The van der Waals surface area contributed by atoms with Gasteiger partial charge in [-0.15, -0.1) is 11.3 Å². The van der Waals surface area contributed by atoms with E-state index in [4.69, 9.17) is 5.10 Å². The first-order chi connectivity index (χ1) is 13.1. The molecule has 0 aliphatic heterocycles. The molecular weight excluding hydrogens is 356 g/mol. The Labute approximate surface area is 162 Å². The van der Waals surface area contributed by atoms with Crippen molar-refractivity contribution in [2.24, 2.45) is 0 Å². The predicted octanol–water partition coefficient (Wildman–Crippen LogP) is 4.95. The lowest BCUT2D eigenvalue weighted by Gasteiger charge is -2.09. The van der Waals surface area contributed by atoms with Gasteiger partial charge >= 0.3 is 0 Å². The fourth-order valence-corrected chi connectivity index (χ4v) is 4.30. The van der Waals surface area contributed by atoms with Crippen LogP contribution in [0, 0.1) is 13.8 Å². The normalized spacial score (nSPS) is 16.5. The van der Waals surface area contributed by atoms with E-state index >= 15 is 0 Å². The van der Waals surface area contributed by atoms with Crippen molar-refractivity contribution in [3.05, 3.63) is 57.3 Å². The van der Waals surface area contributed by atoms with Crippen molar-refractivity contribution >= 4 is 22.9 Å². The molecule has 2 aromatic heterocycles. The number of anilines is 1. The van der Waals surface area contributed by atoms with Crippen LogP contribution < -0.4 is 5.32 Å². The van der Waals surface area contributed by atoms with Crippen LogP contribution >= 0.6 is 11.3 Å². The molecule has 0 radical (unpaired) electrons. The third-order valence-electron chi connectivity index (χ3n) is 5.23. The number of hydrogen-bond acceptors (Lipinski definition) is 4. The molecule has 2 saturated carbocycles. The van der Waals surface area contributed by atoms with Crippen LogP contribution in [-0.4, -0.2) is 20.7 Å². The number of thiazole rings is 1. The van der Waals surface area contributed by atoms with E-state index in [1.807, 2.05) is 38.1 Å². The van der Waals surface area contributed by atoms with E-state index in [1.54, 1.807) is 0 Å². The summed E-state index contributed by atoms with van der Waals surface area (Å²) in [4.78, 5) is 17.5. The van der Waals surface area contributed by atoms with Gasteiger partial charge in [0.1, 0.15) is 4.88 Å². The van der Waals surface area contributed by atoms with Gasteiger partial charge in [-0.25, -0.2) is 9.67 Å². The van der Waals surface area contributed by atoms with E-state index in [9.17, 15) is 4.79 Å². The Kier molecular flexibility index (Phi) is 3.90. The van der Waals surface area contributed by atoms with Crippen LogP contribution in [0.25, 0.3) is 5.69 Å². The summed E-state index contributed by atoms with van der Waals surface area (Å²) in [5, 5.41) is 8.76. The van der Waals surface area contributed by atoms with Crippen LogP contribution in [-0.2, 0) is 0 Å². The molecule has 1 aromatic carbocycles. The topological polar surface area (TPSA) is 59.8 Å². The van der Waals surface area contributed by atoms with Gasteiger partial charge in [-0.3, -0.25) is 4.79 Å². The lowest BCUT2D eigenvalue weighted by molar-refractivity contribution is 0.103. The number of aromatic nitrogens is 3. The molecule has 2 aliphatic rings. The van der Waals surface area contributed by atoms with E-state index in [1.165, 1.54) is 48.4 Å². The summed E-state index contributed by atoms with van der Waals surface area (Å²) in [7, 11) is 0. The van der Waals surface area contributed by atoms with E-state index in [2.05, 4.69) is 21.0 Å². The maximum atomic E-state index is 12.5. The molecule has 1 amide bonds. The number of nitrogens with zero attached hydrogens (tertiary/aromatic N) is 3. The smallest absolute Gasteiger partial charge is 0.267 e. The standard InChI is InChI=1S/C21H22N4OS/c1-12-20(27-13(2)22-12)21(26)23-16-7-9-17(10-8-16)25-19(15-5-6-15)11-18(24-25)14-3-4-14/h7-11,14-15H,3-6H2,1-2H3,(H,23,26). The molecule has 0 spiro atoms. The van der Waals surface area contributed by atoms with Crippen molar-refractivity contribution in [1.82, 2.24) is 14.8 Å². The molecule has 0 unspecified atom stereocenters. The first-order valence-electron chi connectivity index (χ1n) is 9.54. The maximum Gasteiger partial charge on any atom is 0.267 e. The Morgan fingerprint density at radius 3 is 2.41 bits per heavy atom. The molecule has 2 aliphatic carbocycles. The maximum absolute atomic E-state index is 12.5. The van der Waals surface area contributed by atoms with Crippen molar-refractivity contribution < 1.29 is 4.79 Å². The Morgan fingerprint density at radius 2 is 1.81 bits per heavy atom. The second kappa shape index (κ2) is 6.30. The number of carbonyl (C=O) groups excluding carboxylic acids is 1. The number of rotatable bonds is 5. The number of carbonyl (C=O) groups is 1. The van der Waals surface area contributed by atoms with Gasteiger partial charge in [0, 0.05) is 23.2 Å². The summed E-state index contributed by atoms with van der Waals surface area (Å²) >= 11 is 1.43. The third-order valence-corrected chi connectivity index (χ3v) is 6.30. The minimum atomic E-state index is -0.0976. The quantitative estimate of drug-likeness (QED) is 0.683. The molecule has 27 heavy (non-hydrogen) atoms. The molecule has 0 bridgehead atoms. The van der Waals surface area contributed by atoms with Crippen molar-refractivity contribution in [3.63, 3.8) is 0 Å². The van der Waals surface area contributed by atoms with E-state index < -0.39 is 0 Å². The summed E-state index contributed by atoms with van der Waals surface area (Å²) in [5.41, 5.74) is 5.21. The number of benzene rings is 1. The highest BCUT2D eigenvalue weighted by atomic mass is 32.1. The monoisotopic (exact) mass is 378 g/mol. The summed E-state index contributed by atoms with van der Waals surface area (Å²) in [6.45, 7) is 3.79. The lowest BCUT2D eigenvalue weighted by Crippen LogP contribution is -2.11. The molecule has 1 N–H and O–H groups in total. The van der Waals surface area contributed by atoms with Crippen LogP contribution in [0.4, 0.5) is 5.69 Å². The molecule has 5 rings (SSSR count). The number of nitrogens with one attached hydrogen (secondary N) is 1. The molecule has 3 aromatic rings. The van der Waals surface area contributed by atoms with Crippen LogP contribution in [0.2, 0.25) is 0 Å². The third kappa shape index (κ3) is 3.30. The fraction of sp³-hybridized carbons (Fsp3) is 0.381. The van der Waals surface area contributed by atoms with Gasteiger partial charge in [0.15, 0.2) is 0 Å². The molecule has 2 fully saturated rings. The largest absolute Gasteiger partial charge is 0.321 e. The zero-order valence-corrected chi connectivity index (χ0v) is 16.3. The number of hydrogen-bond donors (Lipinski definition) is 1. The second-order valence-electron chi connectivity index (χ2n) is 7.60. The second-order valence-corrected chi connectivity index (χ2v) is 8.81. The number of aryl methyl sites for hydroxylation is 2. The Balaban J connectivity index is 1.37. The highest BCUT2D eigenvalue weighted by Crippen LogP contribution is 2.45. The van der Waals surface area contributed by atoms with E-state index in [0.29, 0.717) is 16.7 Å². The minimum Gasteiger partial charge on any atom is -0.321 e. The van der Waals surface area contributed by atoms with Crippen LogP contribution in [0.3, 0.4) is 0 Å². The minimum absolute atomic E-state index is 0.0976. The SMILES string of the molecule is Cc1nc(C)c(C(=O)Nc2ccc(-n3nc(C4CC4)cc3C3CC3)cc2)s1. The molecule has 0 atom stereocenters. The van der Waals surface area contributed by atoms with Crippen LogP contribution in [0.15, 0.2) is 30.3 Å². The van der Waals surface area contributed by atoms with Crippen LogP contribution in [0.5, 0.6) is 0 Å². The lowest BCUT2D eigenvalue weighted by atomic mass is 10.2. The Bertz CT molecular complexity index is 1010. The highest BCUT2D eigenvalue weighted by molar-refractivity contribution is 7.13. The zero-order chi connectivity index (χ0) is 18.5. The Hall–Kier alpha value is -2.47. The zero-order valence-electron chi connectivity index (χ0n) is 15.5. The van der Waals surface area contributed by atoms with Crippen molar-refractivity contribution in [1.29, 1.82) is 0 Å². The summed E-state index contributed by atoms with van der Waals surface area (Å²) in [5.74, 6) is 1.22. The first kappa shape index (κ1) is 16.7. The molecular formula is C21H22N4OS. The first-order valence-corrected chi connectivity index (χ1v) is 10.4. The average Bonchev–Trinajstić information content (AvgIpc) is 3.58. The average molecular weight is 379 g/mol. The predicted molar refractivity (Wildman–Crippen MR) is 107 cm³/mol. The fourth-order valence-electron chi connectivity index (χ4n) is 3.49. The summed E-state index contributed by atoms with van der Waals surface area (Å²) in [6.07, 6.45) is 5.06. The van der Waals surface area contributed by atoms with Crippen LogP contribution in [0.1, 0.15) is 69.3 Å². The molecule has 6 heteroatoms. The van der Waals surface area contributed by atoms with Gasteiger partial charge in [-0.2, -0.15) is 5.10 Å². The van der Waals surface area contributed by atoms with Crippen molar-refractivity contribution in [2.75, 3.05) is 5.32 Å². The van der Waals surface area contributed by atoms with Crippen molar-refractivity contribution in [3.8, 4) is 5.69 Å². The van der Waals surface area contributed by atoms with E-state index in [0.717, 1.165) is 22.1 Å². The summed E-state index contributed by atoms with van der Waals surface area (Å²) in [6, 6.07) is 10.3. The van der Waals surface area contributed by atoms with Crippen molar-refractivity contribution in [2.45, 2.75) is 51.4 Å². The van der Waals surface area contributed by atoms with Gasteiger partial charge < -0.3 is 5.32 Å². The van der Waals surface area contributed by atoms with Gasteiger partial charge in [-0.1, -0.05) is 0 Å². The van der Waals surface area contributed by atoms with Gasteiger partial charge in [0.05, 0.1) is 22.1 Å². The molecule has 0 saturated heterocycles. The number of amides is 1. The summed E-state index contributed by atoms with van der Waals surface area (Å²) < 4.78 is 2.10.